The van der Waals surface area contributed by atoms with Gasteiger partial charge in [0.05, 0.1) is 16.4 Å². The van der Waals surface area contributed by atoms with Gasteiger partial charge in [0.2, 0.25) is 5.88 Å². The Labute approximate surface area is 110 Å². The van der Waals surface area contributed by atoms with Crippen LogP contribution in [-0.2, 0) is 0 Å². The predicted molar refractivity (Wildman–Crippen MR) is 75.5 cm³/mol. The molecule has 0 aliphatic carbocycles. The number of aromatic nitrogens is 2. The molecule has 4 nitrogen and oxygen atoms in total. The molecule has 1 saturated heterocycles. The van der Waals surface area contributed by atoms with Crippen molar-refractivity contribution in [2.24, 2.45) is 0 Å². The van der Waals surface area contributed by atoms with Crippen molar-refractivity contribution in [2.45, 2.75) is 12.5 Å². The van der Waals surface area contributed by atoms with Crippen molar-refractivity contribution >= 4 is 21.8 Å². The third-order valence-corrected chi connectivity index (χ3v) is 3.67. The zero-order chi connectivity index (χ0) is 12.7. The molecule has 2 aromatic heterocycles. The minimum Gasteiger partial charge on any atom is -0.472 e. The van der Waals surface area contributed by atoms with Crippen LogP contribution >= 0.6 is 0 Å². The summed E-state index contributed by atoms with van der Waals surface area (Å²) in [5.41, 5.74) is 2.07. The number of nitrogens with zero attached hydrogens (tertiary/aromatic N) is 1. The first-order valence-electron chi connectivity index (χ1n) is 6.65. The third kappa shape index (κ3) is 1.76. The molecule has 0 amide bonds. The second-order valence-corrected chi connectivity index (χ2v) is 4.93. The van der Waals surface area contributed by atoms with E-state index in [1.54, 1.807) is 0 Å². The summed E-state index contributed by atoms with van der Waals surface area (Å²) in [5.74, 6) is 0.739. The predicted octanol–water partition coefficient (Wildman–Crippen LogP) is 2.46. The number of ether oxygens (including phenoxy) is 1. The van der Waals surface area contributed by atoms with Gasteiger partial charge >= 0.3 is 0 Å². The highest BCUT2D eigenvalue weighted by molar-refractivity contribution is 6.05. The number of para-hydroxylation sites is 1. The Hall–Kier alpha value is -2.07. The highest BCUT2D eigenvalue weighted by Gasteiger charge is 2.19. The Balaban J connectivity index is 1.89. The highest BCUT2D eigenvalue weighted by Crippen LogP contribution is 2.30. The van der Waals surface area contributed by atoms with Crippen molar-refractivity contribution in [3.8, 4) is 5.88 Å². The van der Waals surface area contributed by atoms with Gasteiger partial charge in [-0.1, -0.05) is 18.2 Å². The molecule has 0 bridgehead atoms. The van der Waals surface area contributed by atoms with Crippen LogP contribution in [0.1, 0.15) is 6.42 Å². The van der Waals surface area contributed by atoms with Gasteiger partial charge < -0.3 is 15.0 Å². The summed E-state index contributed by atoms with van der Waals surface area (Å²) in [4.78, 5) is 7.96. The van der Waals surface area contributed by atoms with Crippen molar-refractivity contribution in [3.05, 3.63) is 36.5 Å². The first kappa shape index (κ1) is 10.8. The van der Waals surface area contributed by atoms with Crippen molar-refractivity contribution in [3.63, 3.8) is 0 Å². The van der Waals surface area contributed by atoms with E-state index in [4.69, 9.17) is 4.74 Å². The van der Waals surface area contributed by atoms with E-state index in [0.29, 0.717) is 0 Å². The van der Waals surface area contributed by atoms with E-state index < -0.39 is 0 Å². The van der Waals surface area contributed by atoms with E-state index in [1.807, 2.05) is 30.5 Å². The molecule has 1 aliphatic rings. The van der Waals surface area contributed by atoms with Gasteiger partial charge in [-0.2, -0.15) is 0 Å². The minimum atomic E-state index is 0.228. The van der Waals surface area contributed by atoms with Crippen molar-refractivity contribution in [1.29, 1.82) is 0 Å². The lowest BCUT2D eigenvalue weighted by Crippen LogP contribution is -2.20. The number of aromatic amines is 1. The largest absolute Gasteiger partial charge is 0.472 e. The summed E-state index contributed by atoms with van der Waals surface area (Å²) in [6.45, 7) is 1.93. The van der Waals surface area contributed by atoms with Gasteiger partial charge in [-0.15, -0.1) is 0 Å². The van der Waals surface area contributed by atoms with E-state index in [0.717, 1.165) is 47.2 Å². The lowest BCUT2D eigenvalue weighted by Gasteiger charge is -2.13. The molecular formula is C15H15N3O. The summed E-state index contributed by atoms with van der Waals surface area (Å²) < 4.78 is 6.06. The normalized spacial score (nSPS) is 19.3. The average molecular weight is 253 g/mol. The van der Waals surface area contributed by atoms with Crippen molar-refractivity contribution in [2.75, 3.05) is 13.1 Å². The van der Waals surface area contributed by atoms with Crippen LogP contribution in [0.2, 0.25) is 0 Å². The fourth-order valence-electron chi connectivity index (χ4n) is 2.70. The standard InChI is InChI=1S/C15H15N3O/c1-2-4-13-11(3-1)14-12(6-8-17-14)15(18-13)19-10-5-7-16-9-10/h1-4,6,8,10,16-17H,5,7,9H2. The Kier molecular flexibility index (Phi) is 2.42. The molecule has 0 spiro atoms. The van der Waals surface area contributed by atoms with Crippen LogP contribution in [0.15, 0.2) is 36.5 Å². The van der Waals surface area contributed by atoms with E-state index in [1.165, 1.54) is 0 Å². The van der Waals surface area contributed by atoms with Crippen LogP contribution in [0.25, 0.3) is 21.8 Å². The molecule has 4 rings (SSSR count). The smallest absolute Gasteiger partial charge is 0.223 e. The second kappa shape index (κ2) is 4.24. The summed E-state index contributed by atoms with van der Waals surface area (Å²) in [6.07, 6.45) is 3.21. The van der Waals surface area contributed by atoms with E-state index in [9.17, 15) is 0 Å². The molecule has 1 fully saturated rings. The molecule has 4 heteroatoms. The number of pyridine rings is 1. The summed E-state index contributed by atoms with van der Waals surface area (Å²) in [6, 6.07) is 10.2. The van der Waals surface area contributed by atoms with Gasteiger partial charge in [0.15, 0.2) is 0 Å². The molecule has 0 saturated carbocycles. The zero-order valence-corrected chi connectivity index (χ0v) is 10.5. The number of rotatable bonds is 2. The quantitative estimate of drug-likeness (QED) is 0.737. The number of H-pyrrole nitrogens is 1. The summed E-state index contributed by atoms with van der Waals surface area (Å²) >= 11 is 0. The van der Waals surface area contributed by atoms with E-state index in [-0.39, 0.29) is 6.10 Å². The Morgan fingerprint density at radius 1 is 1.16 bits per heavy atom. The SMILES string of the molecule is c1ccc2c(c1)nc(OC1CCNC1)c1cc[nH]c12. The Morgan fingerprint density at radius 2 is 2.11 bits per heavy atom. The third-order valence-electron chi connectivity index (χ3n) is 3.67. The van der Waals surface area contributed by atoms with E-state index >= 15 is 0 Å². The van der Waals surface area contributed by atoms with Gasteiger partial charge in [-0.25, -0.2) is 4.98 Å². The number of hydrogen-bond acceptors (Lipinski definition) is 3. The molecule has 2 N–H and O–H groups in total. The van der Waals surface area contributed by atoms with Gasteiger partial charge in [-0.3, -0.25) is 0 Å². The number of nitrogens with one attached hydrogen (secondary N) is 2. The Morgan fingerprint density at radius 3 is 3.00 bits per heavy atom. The number of fused-ring (bicyclic) bond motifs is 3. The minimum absolute atomic E-state index is 0.228. The molecule has 19 heavy (non-hydrogen) atoms. The van der Waals surface area contributed by atoms with Crippen LogP contribution in [0.5, 0.6) is 5.88 Å². The lowest BCUT2D eigenvalue weighted by atomic mass is 10.1. The number of hydrogen-bond donors (Lipinski definition) is 2. The van der Waals surface area contributed by atoms with Gasteiger partial charge in [-0.05, 0) is 25.1 Å². The highest BCUT2D eigenvalue weighted by atomic mass is 16.5. The maximum absolute atomic E-state index is 6.06. The molecule has 1 atom stereocenters. The summed E-state index contributed by atoms with van der Waals surface area (Å²) in [5, 5.41) is 5.51. The fraction of sp³-hybridized carbons (Fsp3) is 0.267. The average Bonchev–Trinajstić information content (AvgIpc) is 3.09. The van der Waals surface area contributed by atoms with Crippen molar-refractivity contribution in [1.82, 2.24) is 15.3 Å². The summed E-state index contributed by atoms with van der Waals surface area (Å²) in [7, 11) is 0. The molecule has 3 heterocycles. The van der Waals surface area contributed by atoms with Gasteiger partial charge in [0.25, 0.3) is 0 Å². The molecular weight excluding hydrogens is 238 g/mol. The lowest BCUT2D eigenvalue weighted by molar-refractivity contribution is 0.218. The van der Waals surface area contributed by atoms with Gasteiger partial charge in [0, 0.05) is 18.1 Å². The van der Waals surface area contributed by atoms with Crippen LogP contribution < -0.4 is 10.1 Å². The molecule has 1 aliphatic heterocycles. The van der Waals surface area contributed by atoms with Crippen LogP contribution in [0.4, 0.5) is 0 Å². The molecule has 0 radical (unpaired) electrons. The topological polar surface area (TPSA) is 49.9 Å². The van der Waals surface area contributed by atoms with Crippen LogP contribution in [0.3, 0.4) is 0 Å². The molecule has 96 valence electrons. The van der Waals surface area contributed by atoms with E-state index in [2.05, 4.69) is 21.4 Å². The molecule has 1 aromatic carbocycles. The number of benzene rings is 1. The fourth-order valence-corrected chi connectivity index (χ4v) is 2.70. The monoisotopic (exact) mass is 253 g/mol. The molecule has 3 aromatic rings. The van der Waals surface area contributed by atoms with Crippen LogP contribution in [-0.4, -0.2) is 29.2 Å². The van der Waals surface area contributed by atoms with Crippen molar-refractivity contribution < 1.29 is 4.74 Å². The zero-order valence-electron chi connectivity index (χ0n) is 10.5. The molecule has 1 unspecified atom stereocenters. The maximum Gasteiger partial charge on any atom is 0.223 e. The first-order chi connectivity index (χ1) is 9.42. The van der Waals surface area contributed by atoms with Gasteiger partial charge in [0.1, 0.15) is 6.10 Å². The Bertz CT molecular complexity index is 728. The maximum atomic E-state index is 6.06. The second-order valence-electron chi connectivity index (χ2n) is 4.93. The van der Waals surface area contributed by atoms with Crippen LogP contribution in [0, 0.1) is 0 Å². The first-order valence-corrected chi connectivity index (χ1v) is 6.65.